The third-order valence-electron chi connectivity index (χ3n) is 2.11. The van der Waals surface area contributed by atoms with E-state index in [9.17, 15) is 0 Å². The predicted octanol–water partition coefficient (Wildman–Crippen LogP) is 3.98. The Labute approximate surface area is 71.7 Å². The van der Waals surface area contributed by atoms with E-state index in [0.29, 0.717) is 0 Å². The van der Waals surface area contributed by atoms with Crippen molar-refractivity contribution in [1.82, 2.24) is 0 Å². The number of rotatable bonds is 6. The number of hydrogen-bond acceptors (Lipinski definition) is 0. The third-order valence-corrected chi connectivity index (χ3v) is 2.11. The van der Waals surface area contributed by atoms with E-state index in [1.807, 2.05) is 0 Å². The average molecular weight is 153 g/mol. The number of allylic oxidation sites excluding steroid dienone is 1. The van der Waals surface area contributed by atoms with Crippen molar-refractivity contribution in [3.63, 3.8) is 0 Å². The van der Waals surface area contributed by atoms with E-state index in [1.54, 1.807) is 0 Å². The average Bonchev–Trinajstić information content (AvgIpc) is 2.00. The quantitative estimate of drug-likeness (QED) is 0.506. The monoisotopic (exact) mass is 153 g/mol. The highest BCUT2D eigenvalue weighted by molar-refractivity contribution is 4.94. The zero-order valence-corrected chi connectivity index (χ0v) is 8.03. The van der Waals surface area contributed by atoms with Gasteiger partial charge in [-0.1, -0.05) is 45.8 Å². The molecule has 0 nitrogen and oxygen atoms in total. The van der Waals surface area contributed by atoms with Crippen molar-refractivity contribution in [3.8, 4) is 0 Å². The van der Waals surface area contributed by atoms with E-state index in [0.717, 1.165) is 12.3 Å². The van der Waals surface area contributed by atoms with Crippen LogP contribution in [0.1, 0.15) is 46.0 Å². The maximum Gasteiger partial charge on any atom is -0.0297 e. The summed E-state index contributed by atoms with van der Waals surface area (Å²) in [5, 5.41) is 0. The standard InChI is InChI=1S/C11H21/c1-5-7-8-11(4)9-10(3)6-2/h10H,1,4-9H2,2-3H3. The first-order valence-electron chi connectivity index (χ1n) is 4.66. The molecular weight excluding hydrogens is 132 g/mol. The Kier molecular flexibility index (Phi) is 6.30. The van der Waals surface area contributed by atoms with Crippen LogP contribution in [0.3, 0.4) is 0 Å². The fourth-order valence-electron chi connectivity index (χ4n) is 1.11. The number of unbranched alkanes of at least 4 members (excludes halogenated alkanes) is 1. The minimum absolute atomic E-state index is 0.812. The van der Waals surface area contributed by atoms with Crippen molar-refractivity contribution >= 4 is 0 Å². The van der Waals surface area contributed by atoms with Crippen molar-refractivity contribution < 1.29 is 0 Å². The lowest BCUT2D eigenvalue weighted by molar-refractivity contribution is 0.545. The number of hydrogen-bond donors (Lipinski definition) is 0. The second-order valence-corrected chi connectivity index (χ2v) is 3.42. The highest BCUT2D eigenvalue weighted by Crippen LogP contribution is 2.17. The summed E-state index contributed by atoms with van der Waals surface area (Å²) < 4.78 is 0. The van der Waals surface area contributed by atoms with Crippen LogP contribution in [0.4, 0.5) is 0 Å². The summed E-state index contributed by atoms with van der Waals surface area (Å²) in [5.74, 6) is 0.812. The van der Waals surface area contributed by atoms with Crippen LogP contribution < -0.4 is 0 Å². The van der Waals surface area contributed by atoms with E-state index >= 15 is 0 Å². The lowest BCUT2D eigenvalue weighted by Crippen LogP contribution is -1.94. The van der Waals surface area contributed by atoms with Gasteiger partial charge in [0.2, 0.25) is 0 Å². The van der Waals surface area contributed by atoms with Gasteiger partial charge in [-0.2, -0.15) is 0 Å². The van der Waals surface area contributed by atoms with Gasteiger partial charge in [-0.25, -0.2) is 0 Å². The molecule has 0 N–H and O–H groups in total. The van der Waals surface area contributed by atoms with Gasteiger partial charge in [-0.05, 0) is 25.2 Å². The fourth-order valence-corrected chi connectivity index (χ4v) is 1.11. The van der Waals surface area contributed by atoms with Gasteiger partial charge in [-0.3, -0.25) is 0 Å². The van der Waals surface area contributed by atoms with Gasteiger partial charge in [0, 0.05) is 0 Å². The Morgan fingerprint density at radius 3 is 2.55 bits per heavy atom. The molecule has 0 aliphatic rings. The van der Waals surface area contributed by atoms with Gasteiger partial charge in [0.05, 0.1) is 0 Å². The first kappa shape index (κ1) is 10.7. The molecule has 0 rings (SSSR count). The van der Waals surface area contributed by atoms with E-state index in [2.05, 4.69) is 27.4 Å². The zero-order chi connectivity index (χ0) is 8.69. The molecule has 0 aromatic heterocycles. The normalized spacial score (nSPS) is 13.0. The van der Waals surface area contributed by atoms with Crippen LogP contribution >= 0.6 is 0 Å². The van der Waals surface area contributed by atoms with E-state index in [1.165, 1.54) is 31.3 Å². The van der Waals surface area contributed by atoms with Gasteiger partial charge in [0.25, 0.3) is 0 Å². The molecule has 11 heavy (non-hydrogen) atoms. The highest BCUT2D eigenvalue weighted by Gasteiger charge is 2.00. The molecule has 0 bridgehead atoms. The van der Waals surface area contributed by atoms with Crippen LogP contribution in [-0.2, 0) is 0 Å². The summed E-state index contributed by atoms with van der Waals surface area (Å²) in [6.45, 7) is 12.4. The minimum Gasteiger partial charge on any atom is -0.0999 e. The lowest BCUT2D eigenvalue weighted by Gasteiger charge is -2.09. The van der Waals surface area contributed by atoms with Crippen LogP contribution in [0, 0.1) is 12.8 Å². The molecule has 1 radical (unpaired) electrons. The topological polar surface area (TPSA) is 0 Å². The van der Waals surface area contributed by atoms with Crippen molar-refractivity contribution in [1.29, 1.82) is 0 Å². The maximum absolute atomic E-state index is 4.05. The van der Waals surface area contributed by atoms with E-state index < -0.39 is 0 Å². The van der Waals surface area contributed by atoms with Crippen molar-refractivity contribution in [2.24, 2.45) is 5.92 Å². The predicted molar refractivity (Wildman–Crippen MR) is 52.4 cm³/mol. The summed E-state index contributed by atoms with van der Waals surface area (Å²) in [5.41, 5.74) is 1.41. The first-order chi connectivity index (χ1) is 5.20. The molecule has 0 fully saturated rings. The van der Waals surface area contributed by atoms with Gasteiger partial charge >= 0.3 is 0 Å². The smallest absolute Gasteiger partial charge is 0.0297 e. The molecule has 0 heterocycles. The molecule has 65 valence electrons. The summed E-state index contributed by atoms with van der Waals surface area (Å²) in [6, 6.07) is 0. The second kappa shape index (κ2) is 6.45. The molecule has 1 unspecified atom stereocenters. The summed E-state index contributed by atoms with van der Waals surface area (Å²) in [7, 11) is 0. The van der Waals surface area contributed by atoms with Crippen molar-refractivity contribution in [2.45, 2.75) is 46.0 Å². The first-order valence-corrected chi connectivity index (χ1v) is 4.66. The van der Waals surface area contributed by atoms with Crippen LogP contribution in [0.5, 0.6) is 0 Å². The highest BCUT2D eigenvalue weighted by atomic mass is 14.1. The Morgan fingerprint density at radius 1 is 1.45 bits per heavy atom. The van der Waals surface area contributed by atoms with E-state index in [-0.39, 0.29) is 0 Å². The molecular formula is C11H21. The Bertz CT molecular complexity index is 103. The second-order valence-electron chi connectivity index (χ2n) is 3.42. The minimum atomic E-state index is 0.812. The lowest BCUT2D eigenvalue weighted by atomic mass is 9.97. The Hall–Kier alpha value is -0.260. The fraction of sp³-hybridized carbons (Fsp3) is 0.727. The molecule has 0 aliphatic heterocycles. The summed E-state index contributed by atoms with van der Waals surface area (Å²) in [6.07, 6.45) is 5.89. The van der Waals surface area contributed by atoms with Crippen molar-refractivity contribution in [2.75, 3.05) is 0 Å². The van der Waals surface area contributed by atoms with Crippen LogP contribution in [-0.4, -0.2) is 0 Å². The molecule has 0 heteroatoms. The molecule has 1 atom stereocenters. The molecule has 0 aromatic carbocycles. The zero-order valence-electron chi connectivity index (χ0n) is 8.03. The van der Waals surface area contributed by atoms with Crippen molar-refractivity contribution in [3.05, 3.63) is 19.1 Å². The summed E-state index contributed by atoms with van der Waals surface area (Å²) >= 11 is 0. The SMILES string of the molecule is [CH2]CCCC(=C)CC(C)CC. The molecule has 0 saturated heterocycles. The Morgan fingerprint density at radius 2 is 2.09 bits per heavy atom. The maximum atomic E-state index is 4.05. The van der Waals surface area contributed by atoms with Crippen LogP contribution in [0.25, 0.3) is 0 Å². The van der Waals surface area contributed by atoms with Crippen LogP contribution in [0.2, 0.25) is 0 Å². The van der Waals surface area contributed by atoms with Gasteiger partial charge < -0.3 is 0 Å². The molecule has 0 spiro atoms. The molecule has 0 saturated carbocycles. The molecule has 0 amide bonds. The summed E-state index contributed by atoms with van der Waals surface area (Å²) in [4.78, 5) is 0. The Balaban J connectivity index is 3.36. The third kappa shape index (κ3) is 6.15. The van der Waals surface area contributed by atoms with E-state index in [4.69, 9.17) is 0 Å². The van der Waals surface area contributed by atoms with Gasteiger partial charge in [0.15, 0.2) is 0 Å². The molecule has 0 aliphatic carbocycles. The van der Waals surface area contributed by atoms with Gasteiger partial charge in [-0.15, -0.1) is 0 Å². The molecule has 0 aromatic rings. The largest absolute Gasteiger partial charge is 0.0999 e. The van der Waals surface area contributed by atoms with Gasteiger partial charge in [0.1, 0.15) is 0 Å². The van der Waals surface area contributed by atoms with Crippen LogP contribution in [0.15, 0.2) is 12.2 Å².